The first-order chi connectivity index (χ1) is 20.7. The average Bonchev–Trinajstić information content (AvgIpc) is 3.52. The molecule has 3 aromatic rings. The molecule has 7 nitrogen and oxygen atoms in total. The Hall–Kier alpha value is -2.22. The fraction of sp³-hybridized carbons (Fsp3) is 0.714. The van der Waals surface area contributed by atoms with Crippen molar-refractivity contribution in [2.45, 2.75) is 120 Å². The first-order valence-corrected chi connectivity index (χ1v) is 17.2. The minimum atomic E-state index is 0.316. The molecule has 0 amide bonds. The van der Waals surface area contributed by atoms with Crippen LogP contribution in [-0.4, -0.2) is 72.8 Å². The van der Waals surface area contributed by atoms with Crippen molar-refractivity contribution < 1.29 is 4.74 Å². The third kappa shape index (κ3) is 5.24. The molecule has 4 bridgehead atoms. The summed E-state index contributed by atoms with van der Waals surface area (Å²) in [5, 5.41) is 0. The number of morpholine rings is 1. The molecule has 5 aliphatic rings. The lowest BCUT2D eigenvalue weighted by Crippen LogP contribution is -2.58. The van der Waals surface area contributed by atoms with Crippen molar-refractivity contribution in [2.24, 2.45) is 18.9 Å². The first kappa shape index (κ1) is 27.3. The summed E-state index contributed by atoms with van der Waals surface area (Å²) in [6.07, 6.45) is 22.0. The standard InChI is InChI=1S/C35H50N6O/c1-38-14-13-36-35(38)23-39-15-16-42-24-31(39)22-34-37-32-11-4-5-12-33(32)41(34)30-20-27-9-6-10-28(21-30)40(27)29-18-25-7-2-3-8-26(17-25)19-29/h4-5,11-14,25-31H,2-3,6-10,15-24H2,1H3/t25-,26+,27-,28+,29?,30?,31-/m1/s1. The van der Waals surface area contributed by atoms with Crippen LogP contribution < -0.4 is 0 Å². The molecule has 2 aliphatic carbocycles. The summed E-state index contributed by atoms with van der Waals surface area (Å²) in [4.78, 5) is 15.6. The minimum absolute atomic E-state index is 0.316. The zero-order chi connectivity index (χ0) is 28.0. The molecule has 7 heteroatoms. The molecule has 226 valence electrons. The molecule has 0 spiro atoms. The number of nitrogens with zero attached hydrogens (tertiary/aromatic N) is 6. The molecular formula is C35H50N6O. The maximum absolute atomic E-state index is 6.06. The summed E-state index contributed by atoms with van der Waals surface area (Å²) in [5.41, 5.74) is 2.49. The Labute approximate surface area is 251 Å². The van der Waals surface area contributed by atoms with E-state index in [9.17, 15) is 0 Å². The van der Waals surface area contributed by atoms with Crippen LogP contribution in [-0.2, 0) is 24.8 Å². The van der Waals surface area contributed by atoms with Crippen LogP contribution in [0.15, 0.2) is 36.7 Å². The van der Waals surface area contributed by atoms with Crippen LogP contribution in [0.25, 0.3) is 11.0 Å². The highest BCUT2D eigenvalue weighted by Crippen LogP contribution is 2.47. The molecule has 5 fully saturated rings. The van der Waals surface area contributed by atoms with Gasteiger partial charge in [0.1, 0.15) is 11.6 Å². The normalized spacial score (nSPS) is 34.5. The van der Waals surface area contributed by atoms with Crippen LogP contribution in [0.1, 0.15) is 94.7 Å². The maximum Gasteiger partial charge on any atom is 0.122 e. The fourth-order valence-corrected chi connectivity index (χ4v) is 9.98. The van der Waals surface area contributed by atoms with Gasteiger partial charge in [-0.2, -0.15) is 0 Å². The van der Waals surface area contributed by atoms with Crippen molar-refractivity contribution in [3.63, 3.8) is 0 Å². The van der Waals surface area contributed by atoms with E-state index >= 15 is 0 Å². The predicted octanol–water partition coefficient (Wildman–Crippen LogP) is 6.13. The molecule has 2 aromatic heterocycles. The Balaban J connectivity index is 1.06. The quantitative estimate of drug-likeness (QED) is 0.357. The number of para-hydroxylation sites is 2. The number of aromatic nitrogens is 4. The van der Waals surface area contributed by atoms with Gasteiger partial charge in [0.15, 0.2) is 0 Å². The van der Waals surface area contributed by atoms with E-state index in [4.69, 9.17) is 9.72 Å². The van der Waals surface area contributed by atoms with Crippen LogP contribution in [0.3, 0.4) is 0 Å². The predicted molar refractivity (Wildman–Crippen MR) is 166 cm³/mol. The van der Waals surface area contributed by atoms with E-state index in [-0.39, 0.29) is 0 Å². The van der Waals surface area contributed by atoms with Gasteiger partial charge in [0, 0.05) is 62.6 Å². The van der Waals surface area contributed by atoms with Gasteiger partial charge in [0.2, 0.25) is 0 Å². The molecular weight excluding hydrogens is 520 g/mol. The maximum atomic E-state index is 6.06. The minimum Gasteiger partial charge on any atom is -0.378 e. The topological polar surface area (TPSA) is 51.4 Å². The number of fused-ring (bicyclic) bond motifs is 5. The molecule has 8 rings (SSSR count). The second kappa shape index (κ2) is 11.7. The van der Waals surface area contributed by atoms with Crippen molar-refractivity contribution in [3.8, 4) is 0 Å². The highest BCUT2D eigenvalue weighted by Gasteiger charge is 2.45. The largest absolute Gasteiger partial charge is 0.378 e. The second-order valence-corrected chi connectivity index (χ2v) is 14.4. The molecule has 2 saturated carbocycles. The van der Waals surface area contributed by atoms with Crippen molar-refractivity contribution in [1.82, 2.24) is 28.9 Å². The second-order valence-electron chi connectivity index (χ2n) is 14.4. The SMILES string of the molecule is Cn1ccnc1CN1CCOC[C@H]1Cc1nc2ccccc2n1C1C[C@H]2CCC[C@@H](C1)N2C1C[C@H]2CCCC[C@@H](C1)C2. The van der Waals surface area contributed by atoms with Gasteiger partial charge < -0.3 is 13.9 Å². The molecule has 42 heavy (non-hydrogen) atoms. The van der Waals surface area contributed by atoms with E-state index in [1.54, 1.807) is 0 Å². The molecule has 7 atom stereocenters. The van der Waals surface area contributed by atoms with Gasteiger partial charge in [-0.05, 0) is 68.9 Å². The van der Waals surface area contributed by atoms with Crippen molar-refractivity contribution in [3.05, 3.63) is 48.3 Å². The highest BCUT2D eigenvalue weighted by molar-refractivity contribution is 5.76. The van der Waals surface area contributed by atoms with Crippen molar-refractivity contribution in [1.29, 1.82) is 0 Å². The van der Waals surface area contributed by atoms with Crippen molar-refractivity contribution >= 4 is 11.0 Å². The third-order valence-electron chi connectivity index (χ3n) is 11.8. The number of rotatable bonds is 6. The van der Waals surface area contributed by atoms with Gasteiger partial charge in [0.25, 0.3) is 0 Å². The van der Waals surface area contributed by atoms with Gasteiger partial charge in [-0.15, -0.1) is 0 Å². The Morgan fingerprint density at radius 3 is 2.38 bits per heavy atom. The van der Waals surface area contributed by atoms with Crippen molar-refractivity contribution in [2.75, 3.05) is 19.8 Å². The van der Waals surface area contributed by atoms with E-state index in [1.807, 2.05) is 6.20 Å². The van der Waals surface area contributed by atoms with E-state index in [2.05, 4.69) is 61.4 Å². The molecule has 0 radical (unpaired) electrons. The van der Waals surface area contributed by atoms with E-state index in [0.717, 1.165) is 74.0 Å². The lowest BCUT2D eigenvalue weighted by Gasteiger charge is -2.54. The van der Waals surface area contributed by atoms with E-state index in [1.165, 1.54) is 88.4 Å². The Morgan fingerprint density at radius 1 is 0.833 bits per heavy atom. The van der Waals surface area contributed by atoms with Crippen LogP contribution in [0.2, 0.25) is 0 Å². The summed E-state index contributed by atoms with van der Waals surface area (Å²) >= 11 is 0. The molecule has 3 saturated heterocycles. The number of hydrogen-bond acceptors (Lipinski definition) is 5. The summed E-state index contributed by atoms with van der Waals surface area (Å²) in [5.74, 6) is 4.37. The number of benzene rings is 1. The molecule has 5 heterocycles. The summed E-state index contributed by atoms with van der Waals surface area (Å²) in [6, 6.07) is 12.1. The van der Waals surface area contributed by atoms with Gasteiger partial charge in [0.05, 0.1) is 30.8 Å². The summed E-state index contributed by atoms with van der Waals surface area (Å²) in [7, 11) is 2.10. The lowest BCUT2D eigenvalue weighted by molar-refractivity contribution is -0.0425. The molecule has 3 aliphatic heterocycles. The van der Waals surface area contributed by atoms with Crippen LogP contribution in [0, 0.1) is 11.8 Å². The summed E-state index contributed by atoms with van der Waals surface area (Å²) < 4.78 is 10.9. The third-order valence-corrected chi connectivity index (χ3v) is 11.8. The number of imidazole rings is 2. The lowest BCUT2D eigenvalue weighted by atomic mass is 9.73. The Kier molecular flexibility index (Phi) is 7.62. The number of ether oxygens (including phenoxy) is 1. The van der Waals surface area contributed by atoms with E-state index in [0.29, 0.717) is 12.1 Å². The Bertz CT molecular complexity index is 1340. The first-order valence-electron chi connectivity index (χ1n) is 17.2. The highest BCUT2D eigenvalue weighted by atomic mass is 16.5. The summed E-state index contributed by atoms with van der Waals surface area (Å²) in [6.45, 7) is 3.37. The van der Waals surface area contributed by atoms with Gasteiger partial charge in [-0.25, -0.2) is 9.97 Å². The van der Waals surface area contributed by atoms with Crippen LogP contribution >= 0.6 is 0 Å². The van der Waals surface area contributed by atoms with Gasteiger partial charge in [-0.1, -0.05) is 44.2 Å². The average molecular weight is 571 g/mol. The van der Waals surface area contributed by atoms with E-state index < -0.39 is 0 Å². The molecule has 2 unspecified atom stereocenters. The zero-order valence-electron chi connectivity index (χ0n) is 25.6. The smallest absolute Gasteiger partial charge is 0.122 e. The van der Waals surface area contributed by atoms with Crippen LogP contribution in [0.5, 0.6) is 0 Å². The monoisotopic (exact) mass is 570 g/mol. The zero-order valence-corrected chi connectivity index (χ0v) is 25.6. The Morgan fingerprint density at radius 2 is 1.62 bits per heavy atom. The fourth-order valence-electron chi connectivity index (χ4n) is 9.98. The van der Waals surface area contributed by atoms with Gasteiger partial charge >= 0.3 is 0 Å². The molecule has 0 N–H and O–H groups in total. The number of piperidine rings is 2. The molecule has 1 aromatic carbocycles. The van der Waals surface area contributed by atoms with Gasteiger partial charge in [-0.3, -0.25) is 9.80 Å². The number of aryl methyl sites for hydroxylation is 1. The van der Waals surface area contributed by atoms with Crippen LogP contribution in [0.4, 0.5) is 0 Å². The number of hydrogen-bond donors (Lipinski definition) is 0.